The van der Waals surface area contributed by atoms with Crippen molar-refractivity contribution < 1.29 is 18.3 Å². The van der Waals surface area contributed by atoms with E-state index >= 15 is 0 Å². The summed E-state index contributed by atoms with van der Waals surface area (Å²) in [5.41, 5.74) is -0.0158. The number of hydrogen-bond acceptors (Lipinski definition) is 3. The summed E-state index contributed by atoms with van der Waals surface area (Å²) in [6.45, 7) is 1.03. The van der Waals surface area contributed by atoms with Gasteiger partial charge >= 0.3 is 5.97 Å². The summed E-state index contributed by atoms with van der Waals surface area (Å²) < 4.78 is 24.7. The smallest absolute Gasteiger partial charge is 0.335 e. The zero-order valence-corrected chi connectivity index (χ0v) is 8.57. The van der Waals surface area contributed by atoms with Crippen LogP contribution in [0.1, 0.15) is 10.4 Å². The molecule has 1 aromatic rings. The van der Waals surface area contributed by atoms with E-state index in [-0.39, 0.29) is 10.5 Å². The molecule has 2 rings (SSSR count). The molecule has 1 aliphatic heterocycles. The van der Waals surface area contributed by atoms with Crippen LogP contribution >= 0.6 is 0 Å². The van der Waals surface area contributed by atoms with Crippen molar-refractivity contribution >= 4 is 16.0 Å². The summed E-state index contributed by atoms with van der Waals surface area (Å²) in [7, 11) is -3.45. The normalized spacial score (nSPS) is 16.3. The average Bonchev–Trinajstić information content (AvgIpc) is 3.01. The third-order valence-electron chi connectivity index (χ3n) is 2.12. The predicted molar refractivity (Wildman–Crippen MR) is 52.2 cm³/mol. The molecule has 1 heterocycles. The molecule has 5 nitrogen and oxygen atoms in total. The number of benzene rings is 1. The summed E-state index contributed by atoms with van der Waals surface area (Å²) in [5, 5.41) is 8.72. The maximum atomic E-state index is 11.7. The number of aromatic carboxylic acids is 1. The molecule has 0 atom stereocenters. The summed E-state index contributed by atoms with van der Waals surface area (Å²) in [6, 6.07) is 5.37. The first kappa shape index (κ1) is 10.1. The lowest BCUT2D eigenvalue weighted by molar-refractivity contribution is 0.0696. The fourth-order valence-electron chi connectivity index (χ4n) is 1.22. The van der Waals surface area contributed by atoms with E-state index in [9.17, 15) is 13.2 Å². The van der Waals surface area contributed by atoms with Crippen LogP contribution < -0.4 is 0 Å². The van der Waals surface area contributed by atoms with E-state index in [2.05, 4.69) is 0 Å². The van der Waals surface area contributed by atoms with Crippen molar-refractivity contribution in [3.63, 3.8) is 0 Å². The van der Waals surface area contributed by atoms with Crippen molar-refractivity contribution in [2.24, 2.45) is 0 Å². The minimum absolute atomic E-state index is 0.0158. The van der Waals surface area contributed by atoms with Gasteiger partial charge in [0, 0.05) is 13.1 Å². The monoisotopic (exact) mass is 227 g/mol. The van der Waals surface area contributed by atoms with E-state index in [4.69, 9.17) is 5.11 Å². The van der Waals surface area contributed by atoms with Gasteiger partial charge in [-0.2, -0.15) is 4.31 Å². The van der Waals surface area contributed by atoms with Crippen molar-refractivity contribution in [2.45, 2.75) is 4.90 Å². The largest absolute Gasteiger partial charge is 0.478 e. The van der Waals surface area contributed by atoms with Gasteiger partial charge in [0.25, 0.3) is 0 Å². The van der Waals surface area contributed by atoms with Crippen LogP contribution in [0, 0.1) is 0 Å². The summed E-state index contributed by atoms with van der Waals surface area (Å²) in [6.07, 6.45) is 0. The Kier molecular flexibility index (Phi) is 2.24. The zero-order chi connectivity index (χ0) is 11.1. The van der Waals surface area contributed by atoms with E-state index in [0.717, 1.165) is 0 Å². The molecule has 6 heteroatoms. The zero-order valence-electron chi connectivity index (χ0n) is 7.75. The molecule has 0 radical (unpaired) electrons. The van der Waals surface area contributed by atoms with E-state index in [1.807, 2.05) is 0 Å². The van der Waals surface area contributed by atoms with E-state index in [0.29, 0.717) is 13.1 Å². The molecule has 1 saturated heterocycles. The maximum Gasteiger partial charge on any atom is 0.335 e. The Labute approximate surface area is 87.0 Å². The quantitative estimate of drug-likeness (QED) is 0.758. The van der Waals surface area contributed by atoms with Gasteiger partial charge in [0.15, 0.2) is 0 Å². The standard InChI is InChI=1S/C9H9NO4S/c11-9(12)7-2-1-3-8(6-7)15(13,14)10-4-5-10/h1-3,6H,4-5H2,(H,11,12). The Morgan fingerprint density at radius 1 is 1.33 bits per heavy atom. The Morgan fingerprint density at radius 2 is 2.00 bits per heavy atom. The van der Waals surface area contributed by atoms with E-state index in [1.54, 1.807) is 0 Å². The van der Waals surface area contributed by atoms with Gasteiger partial charge in [-0.15, -0.1) is 0 Å². The van der Waals surface area contributed by atoms with Gasteiger partial charge in [-0.3, -0.25) is 0 Å². The van der Waals surface area contributed by atoms with Gasteiger partial charge in [-0.25, -0.2) is 13.2 Å². The van der Waals surface area contributed by atoms with Crippen molar-refractivity contribution in [3.8, 4) is 0 Å². The minimum Gasteiger partial charge on any atom is -0.478 e. The van der Waals surface area contributed by atoms with Gasteiger partial charge in [0.1, 0.15) is 0 Å². The first-order valence-corrected chi connectivity index (χ1v) is 5.79. The van der Waals surface area contributed by atoms with Crippen LogP contribution in [-0.2, 0) is 10.0 Å². The Morgan fingerprint density at radius 3 is 2.53 bits per heavy atom. The fourth-order valence-corrected chi connectivity index (χ4v) is 2.61. The molecule has 0 aliphatic carbocycles. The number of hydrogen-bond donors (Lipinski definition) is 1. The number of rotatable bonds is 3. The van der Waals surface area contributed by atoms with Crippen LogP contribution in [0.4, 0.5) is 0 Å². The molecular weight excluding hydrogens is 218 g/mol. The summed E-state index contributed by atoms with van der Waals surface area (Å²) in [4.78, 5) is 10.7. The lowest BCUT2D eigenvalue weighted by Crippen LogP contribution is -2.12. The molecule has 0 bridgehead atoms. The van der Waals surface area contributed by atoms with Crippen LogP contribution in [0.3, 0.4) is 0 Å². The second-order valence-electron chi connectivity index (χ2n) is 3.24. The van der Waals surface area contributed by atoms with Gasteiger partial charge in [-0.1, -0.05) is 6.07 Å². The second-order valence-corrected chi connectivity index (χ2v) is 5.18. The second kappa shape index (κ2) is 3.32. The first-order valence-electron chi connectivity index (χ1n) is 4.35. The molecule has 1 aromatic carbocycles. The van der Waals surface area contributed by atoms with Gasteiger partial charge in [-0.05, 0) is 18.2 Å². The number of carboxylic acids is 1. The van der Waals surface area contributed by atoms with Crippen LogP contribution in [0.15, 0.2) is 29.2 Å². The maximum absolute atomic E-state index is 11.7. The van der Waals surface area contributed by atoms with E-state index < -0.39 is 16.0 Å². The van der Waals surface area contributed by atoms with E-state index in [1.165, 1.54) is 28.6 Å². The lowest BCUT2D eigenvalue weighted by Gasteiger charge is -2.04. The van der Waals surface area contributed by atoms with Crippen molar-refractivity contribution in [3.05, 3.63) is 29.8 Å². The highest BCUT2D eigenvalue weighted by molar-refractivity contribution is 7.89. The Balaban J connectivity index is 2.45. The molecule has 0 unspecified atom stereocenters. The van der Waals surface area contributed by atoms with Crippen LogP contribution in [-0.4, -0.2) is 36.9 Å². The fraction of sp³-hybridized carbons (Fsp3) is 0.222. The van der Waals surface area contributed by atoms with Gasteiger partial charge in [0.2, 0.25) is 10.0 Å². The Hall–Kier alpha value is -1.40. The number of carbonyl (C=O) groups is 1. The Bertz CT molecular complexity index is 505. The first-order chi connectivity index (χ1) is 7.01. The predicted octanol–water partition coefficient (Wildman–Crippen LogP) is 0.389. The van der Waals surface area contributed by atoms with Crippen molar-refractivity contribution in [1.82, 2.24) is 4.31 Å². The molecular formula is C9H9NO4S. The topological polar surface area (TPSA) is 74.5 Å². The molecule has 0 saturated carbocycles. The number of sulfonamides is 1. The molecule has 0 spiro atoms. The highest BCUT2D eigenvalue weighted by Gasteiger charge is 2.33. The SMILES string of the molecule is O=C(O)c1cccc(S(=O)(=O)N2CC2)c1. The van der Waals surface area contributed by atoms with Crippen LogP contribution in [0.2, 0.25) is 0 Å². The third kappa shape index (κ3) is 1.86. The average molecular weight is 227 g/mol. The minimum atomic E-state index is -3.45. The number of carboxylic acid groups (broad SMARTS) is 1. The lowest BCUT2D eigenvalue weighted by atomic mass is 10.2. The van der Waals surface area contributed by atoms with Gasteiger partial charge < -0.3 is 5.11 Å². The van der Waals surface area contributed by atoms with Crippen molar-refractivity contribution in [1.29, 1.82) is 0 Å². The molecule has 1 fully saturated rings. The number of nitrogens with zero attached hydrogens (tertiary/aromatic N) is 1. The van der Waals surface area contributed by atoms with Crippen LogP contribution in [0.5, 0.6) is 0 Å². The molecule has 0 amide bonds. The van der Waals surface area contributed by atoms with Crippen molar-refractivity contribution in [2.75, 3.05) is 13.1 Å². The summed E-state index contributed by atoms with van der Waals surface area (Å²) >= 11 is 0. The molecule has 1 N–H and O–H groups in total. The van der Waals surface area contributed by atoms with Gasteiger partial charge in [0.05, 0.1) is 10.5 Å². The molecule has 1 aliphatic rings. The molecule has 0 aromatic heterocycles. The van der Waals surface area contributed by atoms with Crippen LogP contribution in [0.25, 0.3) is 0 Å². The molecule has 80 valence electrons. The highest BCUT2D eigenvalue weighted by Crippen LogP contribution is 2.22. The third-order valence-corrected chi connectivity index (χ3v) is 4.02. The summed E-state index contributed by atoms with van der Waals surface area (Å²) in [5.74, 6) is -1.13. The highest BCUT2D eigenvalue weighted by atomic mass is 32.2. The molecule has 15 heavy (non-hydrogen) atoms.